The molecule has 3 aromatic rings. The van der Waals surface area contributed by atoms with Crippen LogP contribution in [0.5, 0.6) is 0 Å². The molecule has 3 rings (SSSR count). The predicted octanol–water partition coefficient (Wildman–Crippen LogP) is 5.89. The maximum absolute atomic E-state index is 10.5. The van der Waals surface area contributed by atoms with Crippen molar-refractivity contribution in [1.29, 1.82) is 0 Å². The monoisotopic (exact) mass is 677 g/mol. The molecule has 0 spiro atoms. The first-order valence-corrected chi connectivity index (χ1v) is 10.3. The Labute approximate surface area is 229 Å². The van der Waals surface area contributed by atoms with Crippen molar-refractivity contribution in [2.45, 2.75) is 52.4 Å². The van der Waals surface area contributed by atoms with Gasteiger partial charge in [0.15, 0.2) is 0 Å². The Bertz CT molecular complexity index is 1030. The molecular weight excluding hydrogens is 639 g/mol. The molecule has 1 aromatic carbocycles. The zero-order chi connectivity index (χ0) is 24.1. The third-order valence-electron chi connectivity index (χ3n) is 4.90. The summed E-state index contributed by atoms with van der Waals surface area (Å²) >= 11 is 0. The van der Waals surface area contributed by atoms with E-state index in [0.717, 1.165) is 11.4 Å². The van der Waals surface area contributed by atoms with Crippen molar-refractivity contribution >= 4 is 11.9 Å². The number of hydrogen-bond acceptors (Lipinski definition) is 4. The summed E-state index contributed by atoms with van der Waals surface area (Å²) in [6.45, 7) is 13.3. The van der Waals surface area contributed by atoms with Crippen LogP contribution in [0.4, 0.5) is 0 Å². The average molecular weight is 678 g/mol. The number of hydrogen-bond donors (Lipinski definition) is 2. The topological polar surface area (TPSA) is 132 Å². The van der Waals surface area contributed by atoms with Gasteiger partial charge >= 0.3 is 33.0 Å². The van der Waals surface area contributed by atoms with Gasteiger partial charge in [-0.15, -0.1) is 0 Å². The van der Waals surface area contributed by atoms with Gasteiger partial charge < -0.3 is 30.5 Å². The fourth-order valence-corrected chi connectivity index (χ4v) is 2.93. The molecule has 0 amide bonds. The number of carbonyl (C=O) groups is 2. The molecule has 2 aromatic heterocycles. The minimum absolute atomic E-state index is 0. The number of nitrogens with zero attached hydrogens (tertiary/aromatic N) is 2. The van der Waals surface area contributed by atoms with Crippen LogP contribution in [-0.2, 0) is 31.9 Å². The molecular formula is C28H38N2O5Pt. The second kappa shape index (κ2) is 15.3. The summed E-state index contributed by atoms with van der Waals surface area (Å²) in [5, 5.41) is 17.1. The van der Waals surface area contributed by atoms with E-state index >= 15 is 0 Å². The van der Waals surface area contributed by atoms with Crippen LogP contribution in [0.1, 0.15) is 73.4 Å². The van der Waals surface area contributed by atoms with Gasteiger partial charge in [-0.1, -0.05) is 53.7 Å². The van der Waals surface area contributed by atoms with Crippen molar-refractivity contribution in [3.8, 4) is 11.4 Å². The van der Waals surface area contributed by atoms with Gasteiger partial charge in [-0.05, 0) is 58.4 Å². The quantitative estimate of drug-likeness (QED) is 0.332. The second-order valence-corrected chi connectivity index (χ2v) is 9.52. The van der Waals surface area contributed by atoms with Gasteiger partial charge in [0.05, 0.1) is 22.5 Å². The van der Waals surface area contributed by atoms with E-state index < -0.39 is 11.9 Å². The molecule has 0 fully saturated rings. The predicted molar refractivity (Wildman–Crippen MR) is 142 cm³/mol. The smallest absolute Gasteiger partial charge is 0.478 e. The number of carboxylic acids is 2. The minimum Gasteiger partial charge on any atom is -0.478 e. The molecule has 200 valence electrons. The maximum atomic E-state index is 10.5. The van der Waals surface area contributed by atoms with Crippen molar-refractivity contribution in [1.82, 2.24) is 9.97 Å². The van der Waals surface area contributed by atoms with E-state index in [4.69, 9.17) is 10.2 Å². The summed E-state index contributed by atoms with van der Waals surface area (Å²) in [6, 6.07) is 13.9. The molecule has 0 aliphatic rings. The minimum atomic E-state index is -1.23. The van der Waals surface area contributed by atoms with Crippen LogP contribution in [-0.4, -0.2) is 37.6 Å². The third kappa shape index (κ3) is 10.4. The summed E-state index contributed by atoms with van der Waals surface area (Å²) < 4.78 is 0. The van der Waals surface area contributed by atoms with E-state index in [1.165, 1.54) is 35.4 Å². The molecule has 4 N–H and O–H groups in total. The van der Waals surface area contributed by atoms with E-state index in [2.05, 4.69) is 75.8 Å². The Morgan fingerprint density at radius 1 is 0.667 bits per heavy atom. The first-order chi connectivity index (χ1) is 14.8. The fourth-order valence-electron chi connectivity index (χ4n) is 2.93. The largest absolute Gasteiger partial charge is 2.00 e. The van der Waals surface area contributed by atoms with Gasteiger partial charge in [-0.3, -0.25) is 9.97 Å². The Balaban J connectivity index is -0.000000598. The van der Waals surface area contributed by atoms with E-state index in [-0.39, 0.29) is 63.4 Å². The van der Waals surface area contributed by atoms with Crippen LogP contribution >= 0.6 is 0 Å². The summed E-state index contributed by atoms with van der Waals surface area (Å²) in [6.07, 6.45) is 3.75. The van der Waals surface area contributed by atoms with Gasteiger partial charge in [-0.25, -0.2) is 9.59 Å². The summed E-state index contributed by atoms with van der Waals surface area (Å²) in [7, 11) is 0. The molecule has 0 aliphatic heterocycles. The van der Waals surface area contributed by atoms with Gasteiger partial charge in [-0.2, -0.15) is 0 Å². The zero-order valence-corrected chi connectivity index (χ0v) is 24.5. The molecule has 2 heterocycles. The summed E-state index contributed by atoms with van der Waals surface area (Å²) in [5.74, 6) is -2.46. The van der Waals surface area contributed by atoms with Crippen molar-refractivity contribution in [3.63, 3.8) is 0 Å². The van der Waals surface area contributed by atoms with Crippen LogP contribution in [0.2, 0.25) is 0 Å². The van der Waals surface area contributed by atoms with Gasteiger partial charge in [0.2, 0.25) is 0 Å². The standard InChI is InChI=1S/C18H24N2.C8H6O4.2CH3.H2O.Pt/c1-17(2,3)13-7-9-19-15(11-13)16-12-14(8-10-20-16)18(4,5)6;9-7(10)5-3-1-2-4-6(5)8(11)12;;;;/h7-12H,1-6H3;1-4H,(H,9,10)(H,11,12);2*1H3;1H2;/q;;2*-1;;+2. The first kappa shape index (κ1) is 37.7. The average Bonchev–Trinajstić information content (AvgIpc) is 2.73. The van der Waals surface area contributed by atoms with Crippen LogP contribution in [0.3, 0.4) is 0 Å². The van der Waals surface area contributed by atoms with E-state index in [9.17, 15) is 9.59 Å². The summed E-state index contributed by atoms with van der Waals surface area (Å²) in [5.41, 5.74) is 4.33. The van der Waals surface area contributed by atoms with E-state index in [0.29, 0.717) is 0 Å². The Morgan fingerprint density at radius 2 is 0.972 bits per heavy atom. The Kier molecular flexibility index (Phi) is 16.0. The number of aromatic nitrogens is 2. The molecule has 0 aliphatic carbocycles. The molecule has 0 saturated carbocycles. The van der Waals surface area contributed by atoms with Crippen molar-refractivity contribution < 1.29 is 46.3 Å². The van der Waals surface area contributed by atoms with Crippen LogP contribution in [0, 0.1) is 14.9 Å². The van der Waals surface area contributed by atoms with Crippen molar-refractivity contribution in [3.05, 3.63) is 98.0 Å². The van der Waals surface area contributed by atoms with Crippen LogP contribution in [0.25, 0.3) is 11.4 Å². The number of pyridine rings is 2. The number of aromatic carboxylic acids is 2. The second-order valence-electron chi connectivity index (χ2n) is 9.52. The maximum Gasteiger partial charge on any atom is 2.00 e. The van der Waals surface area contributed by atoms with Gasteiger partial charge in [0, 0.05) is 12.4 Å². The molecule has 0 unspecified atom stereocenters. The number of rotatable bonds is 3. The molecule has 0 bridgehead atoms. The molecule has 8 heteroatoms. The van der Waals surface area contributed by atoms with Crippen LogP contribution in [0.15, 0.2) is 60.9 Å². The third-order valence-corrected chi connectivity index (χ3v) is 4.90. The normalized spacial score (nSPS) is 10.1. The van der Waals surface area contributed by atoms with E-state index in [1.807, 2.05) is 12.4 Å². The number of benzene rings is 1. The van der Waals surface area contributed by atoms with Crippen LogP contribution < -0.4 is 0 Å². The zero-order valence-electron chi connectivity index (χ0n) is 22.2. The molecule has 7 nitrogen and oxygen atoms in total. The van der Waals surface area contributed by atoms with Crippen molar-refractivity contribution in [2.75, 3.05) is 0 Å². The van der Waals surface area contributed by atoms with Gasteiger partial charge in [0.1, 0.15) is 0 Å². The molecule has 36 heavy (non-hydrogen) atoms. The van der Waals surface area contributed by atoms with Crippen molar-refractivity contribution in [2.24, 2.45) is 0 Å². The SMILES string of the molecule is CC(C)(C)c1ccnc(-c2cc(C(C)(C)C)ccn2)c1.O.O=C(O)c1ccccc1C(=O)O.[CH3-].[CH3-].[Pt+2]. The summed E-state index contributed by atoms with van der Waals surface area (Å²) in [4.78, 5) is 29.9. The first-order valence-electron chi connectivity index (χ1n) is 10.3. The van der Waals surface area contributed by atoms with Gasteiger partial charge in [0.25, 0.3) is 0 Å². The fraction of sp³-hybridized carbons (Fsp3) is 0.286. The Hall–Kier alpha value is -2.89. The molecule has 0 saturated heterocycles. The molecule has 0 atom stereocenters. The van der Waals surface area contributed by atoms with E-state index in [1.54, 1.807) is 0 Å². The number of carboxylic acid groups (broad SMARTS) is 2. The molecule has 0 radical (unpaired) electrons. The Morgan fingerprint density at radius 3 is 1.22 bits per heavy atom.